The SMILES string of the molecule is CCOC(=O)/C(F)=C1\CCCc2cnn(CCc3ccc(C(F)(F)F)cc3)c21. The first kappa shape index (κ1) is 20.1. The molecule has 0 saturated carbocycles. The molecular weight excluding hydrogens is 376 g/mol. The van der Waals surface area contributed by atoms with Crippen molar-refractivity contribution in [2.75, 3.05) is 6.61 Å². The van der Waals surface area contributed by atoms with Gasteiger partial charge in [-0.25, -0.2) is 4.79 Å². The van der Waals surface area contributed by atoms with Gasteiger partial charge in [0.25, 0.3) is 0 Å². The van der Waals surface area contributed by atoms with Crippen molar-refractivity contribution in [3.63, 3.8) is 0 Å². The van der Waals surface area contributed by atoms with E-state index >= 15 is 0 Å². The van der Waals surface area contributed by atoms with E-state index in [-0.39, 0.29) is 12.2 Å². The molecule has 4 nitrogen and oxygen atoms in total. The molecule has 28 heavy (non-hydrogen) atoms. The standard InChI is InChI=1S/C20H20F4N2O2/c1-2-28-19(27)17(21)16-5-3-4-14-12-25-26(18(14)16)11-10-13-6-8-15(9-7-13)20(22,23)24/h6-9,12H,2-5,10-11H2,1H3/b17-16-. The summed E-state index contributed by atoms with van der Waals surface area (Å²) in [6, 6.07) is 4.93. The Kier molecular flexibility index (Phi) is 5.86. The first-order valence-corrected chi connectivity index (χ1v) is 9.08. The van der Waals surface area contributed by atoms with Gasteiger partial charge in [0.2, 0.25) is 5.83 Å². The second kappa shape index (κ2) is 8.16. The molecule has 3 rings (SSSR count). The van der Waals surface area contributed by atoms with Crippen LogP contribution in [0, 0.1) is 0 Å². The van der Waals surface area contributed by atoms with Crippen molar-refractivity contribution in [1.29, 1.82) is 0 Å². The summed E-state index contributed by atoms with van der Waals surface area (Å²) < 4.78 is 58.9. The van der Waals surface area contributed by atoms with Crippen molar-refractivity contribution in [3.05, 3.63) is 58.7 Å². The average Bonchev–Trinajstić information content (AvgIpc) is 3.09. The second-order valence-corrected chi connectivity index (χ2v) is 6.55. The molecule has 0 N–H and O–H groups in total. The molecule has 2 aromatic rings. The maximum Gasteiger partial charge on any atom is 0.416 e. The molecule has 1 aliphatic carbocycles. The molecule has 1 heterocycles. The van der Waals surface area contributed by atoms with Gasteiger partial charge in [0.15, 0.2) is 0 Å². The number of esters is 1. The minimum absolute atomic E-state index is 0.0829. The molecule has 0 bridgehead atoms. The van der Waals surface area contributed by atoms with Gasteiger partial charge in [-0.3, -0.25) is 4.68 Å². The van der Waals surface area contributed by atoms with Crippen LogP contribution in [0.1, 0.15) is 42.1 Å². The van der Waals surface area contributed by atoms with Gasteiger partial charge in [-0.15, -0.1) is 0 Å². The topological polar surface area (TPSA) is 44.1 Å². The van der Waals surface area contributed by atoms with Crippen LogP contribution in [0.3, 0.4) is 0 Å². The maximum atomic E-state index is 14.6. The number of carbonyl (C=O) groups excluding carboxylic acids is 1. The number of benzene rings is 1. The molecule has 0 saturated heterocycles. The number of fused-ring (bicyclic) bond motifs is 1. The smallest absolute Gasteiger partial charge is 0.416 e. The van der Waals surface area contributed by atoms with Crippen LogP contribution in [-0.4, -0.2) is 22.4 Å². The molecule has 1 aromatic carbocycles. The van der Waals surface area contributed by atoms with Gasteiger partial charge in [-0.2, -0.15) is 22.7 Å². The lowest BCUT2D eigenvalue weighted by atomic mass is 9.92. The van der Waals surface area contributed by atoms with Gasteiger partial charge in [0.1, 0.15) is 0 Å². The molecule has 0 radical (unpaired) electrons. The third kappa shape index (κ3) is 4.26. The summed E-state index contributed by atoms with van der Waals surface area (Å²) in [5.41, 5.74) is 1.72. The van der Waals surface area contributed by atoms with Crippen molar-refractivity contribution in [3.8, 4) is 0 Å². The lowest BCUT2D eigenvalue weighted by molar-refractivity contribution is -0.140. The van der Waals surface area contributed by atoms with Crippen molar-refractivity contribution in [2.45, 2.75) is 45.3 Å². The molecule has 0 aliphatic heterocycles. The number of nitrogens with zero attached hydrogens (tertiary/aromatic N) is 2. The average molecular weight is 396 g/mol. The van der Waals surface area contributed by atoms with Gasteiger partial charge in [-0.05, 0) is 55.9 Å². The third-order valence-corrected chi connectivity index (χ3v) is 4.69. The number of rotatable bonds is 5. The van der Waals surface area contributed by atoms with Gasteiger partial charge in [-0.1, -0.05) is 12.1 Å². The highest BCUT2D eigenvalue weighted by molar-refractivity contribution is 5.95. The zero-order valence-electron chi connectivity index (χ0n) is 15.4. The minimum atomic E-state index is -4.37. The Morgan fingerprint density at radius 3 is 2.57 bits per heavy atom. The van der Waals surface area contributed by atoms with Crippen LogP contribution in [0.15, 0.2) is 36.3 Å². The highest BCUT2D eigenvalue weighted by atomic mass is 19.4. The first-order valence-electron chi connectivity index (χ1n) is 9.08. The number of carbonyl (C=O) groups is 1. The molecule has 0 fully saturated rings. The van der Waals surface area contributed by atoms with Crippen LogP contribution in [0.25, 0.3) is 5.57 Å². The van der Waals surface area contributed by atoms with E-state index in [2.05, 4.69) is 5.10 Å². The van der Waals surface area contributed by atoms with Crippen LogP contribution in [0.2, 0.25) is 0 Å². The maximum absolute atomic E-state index is 14.6. The summed E-state index contributed by atoms with van der Waals surface area (Å²) in [5, 5.41) is 4.29. The normalized spacial score (nSPS) is 15.9. The third-order valence-electron chi connectivity index (χ3n) is 4.69. The summed E-state index contributed by atoms with van der Waals surface area (Å²) in [6.45, 7) is 2.05. The molecule has 8 heteroatoms. The van der Waals surface area contributed by atoms with E-state index < -0.39 is 23.5 Å². The number of aryl methyl sites for hydroxylation is 3. The van der Waals surface area contributed by atoms with Crippen LogP contribution in [0.4, 0.5) is 17.6 Å². The Hall–Kier alpha value is -2.64. The summed E-state index contributed by atoms with van der Waals surface area (Å²) in [6.07, 6.45) is -0.442. The molecule has 0 spiro atoms. The number of allylic oxidation sites excluding steroid dienone is 1. The van der Waals surface area contributed by atoms with Gasteiger partial charge >= 0.3 is 12.1 Å². The van der Waals surface area contributed by atoms with Gasteiger partial charge < -0.3 is 4.74 Å². The van der Waals surface area contributed by atoms with Crippen molar-refractivity contribution in [1.82, 2.24) is 9.78 Å². The van der Waals surface area contributed by atoms with Gasteiger partial charge in [0.05, 0.1) is 24.1 Å². The van der Waals surface area contributed by atoms with E-state index in [1.54, 1.807) is 17.8 Å². The summed E-state index contributed by atoms with van der Waals surface area (Å²) in [7, 11) is 0. The summed E-state index contributed by atoms with van der Waals surface area (Å²) >= 11 is 0. The molecule has 1 aromatic heterocycles. The Morgan fingerprint density at radius 2 is 1.93 bits per heavy atom. The number of alkyl halides is 3. The lowest BCUT2D eigenvalue weighted by Crippen LogP contribution is -2.14. The second-order valence-electron chi connectivity index (χ2n) is 6.55. The summed E-state index contributed by atoms with van der Waals surface area (Å²) in [4.78, 5) is 11.8. The fourth-order valence-electron chi connectivity index (χ4n) is 3.33. The quantitative estimate of drug-likeness (QED) is 0.417. The molecule has 150 valence electrons. The van der Waals surface area contributed by atoms with E-state index in [0.29, 0.717) is 37.1 Å². The predicted molar refractivity (Wildman–Crippen MR) is 95.0 cm³/mol. The van der Waals surface area contributed by atoms with Crippen LogP contribution in [0.5, 0.6) is 0 Å². The van der Waals surface area contributed by atoms with Crippen LogP contribution in [-0.2, 0) is 35.1 Å². The van der Waals surface area contributed by atoms with E-state index in [0.717, 1.165) is 24.1 Å². The number of hydrogen-bond acceptors (Lipinski definition) is 3. The number of halogens is 4. The fourth-order valence-corrected chi connectivity index (χ4v) is 3.33. The number of ether oxygens (including phenoxy) is 1. The molecule has 0 amide bonds. The predicted octanol–water partition coefficient (Wildman–Crippen LogP) is 4.72. The molecular formula is C20H20F4N2O2. The lowest BCUT2D eigenvalue weighted by Gasteiger charge is -2.18. The summed E-state index contributed by atoms with van der Waals surface area (Å²) in [5.74, 6) is -1.89. The van der Waals surface area contributed by atoms with Crippen LogP contribution < -0.4 is 0 Å². The first-order chi connectivity index (χ1) is 13.3. The van der Waals surface area contributed by atoms with E-state index in [9.17, 15) is 22.4 Å². The molecule has 0 unspecified atom stereocenters. The Labute approximate surface area is 159 Å². The highest BCUT2D eigenvalue weighted by Gasteiger charge is 2.30. The number of aromatic nitrogens is 2. The highest BCUT2D eigenvalue weighted by Crippen LogP contribution is 2.34. The van der Waals surface area contributed by atoms with Crippen molar-refractivity contribution in [2.24, 2.45) is 0 Å². The fraction of sp³-hybridized carbons (Fsp3) is 0.400. The zero-order valence-corrected chi connectivity index (χ0v) is 15.4. The van der Waals surface area contributed by atoms with E-state index in [4.69, 9.17) is 4.74 Å². The Bertz CT molecular complexity index is 883. The van der Waals surface area contributed by atoms with Crippen molar-refractivity contribution >= 4 is 11.5 Å². The monoisotopic (exact) mass is 396 g/mol. The zero-order chi connectivity index (χ0) is 20.3. The van der Waals surface area contributed by atoms with Gasteiger partial charge in [0, 0.05) is 12.1 Å². The molecule has 1 aliphatic rings. The van der Waals surface area contributed by atoms with E-state index in [1.165, 1.54) is 12.1 Å². The van der Waals surface area contributed by atoms with Crippen LogP contribution >= 0.6 is 0 Å². The largest absolute Gasteiger partial charge is 0.461 e. The Balaban J connectivity index is 1.81. The molecule has 0 atom stereocenters. The Morgan fingerprint density at radius 1 is 1.21 bits per heavy atom. The van der Waals surface area contributed by atoms with E-state index in [1.807, 2.05) is 0 Å². The number of hydrogen-bond donors (Lipinski definition) is 0. The van der Waals surface area contributed by atoms with Crippen molar-refractivity contribution < 1.29 is 27.1 Å². The minimum Gasteiger partial charge on any atom is -0.461 e.